The highest BCUT2D eigenvalue weighted by molar-refractivity contribution is 5.88. The lowest BCUT2D eigenvalue weighted by atomic mass is 9.89. The SMILES string of the molecule is C[C@H]1CCCCC1=NNc1ccc(C#N)cc1[N+](=O)[O-]. The van der Waals surface area contributed by atoms with Gasteiger partial charge in [0, 0.05) is 11.8 Å². The zero-order chi connectivity index (χ0) is 14.5. The van der Waals surface area contributed by atoms with Crippen molar-refractivity contribution in [2.45, 2.75) is 32.6 Å². The van der Waals surface area contributed by atoms with Crippen LogP contribution in [0.1, 0.15) is 38.2 Å². The van der Waals surface area contributed by atoms with E-state index in [1.807, 2.05) is 6.07 Å². The molecule has 1 aromatic carbocycles. The van der Waals surface area contributed by atoms with Crippen LogP contribution in [0.4, 0.5) is 11.4 Å². The van der Waals surface area contributed by atoms with Gasteiger partial charge in [0.15, 0.2) is 0 Å². The van der Waals surface area contributed by atoms with Crippen LogP contribution in [0.3, 0.4) is 0 Å². The summed E-state index contributed by atoms with van der Waals surface area (Å²) in [7, 11) is 0. The fraction of sp³-hybridized carbons (Fsp3) is 0.429. The molecule has 1 atom stereocenters. The Morgan fingerprint density at radius 1 is 1.50 bits per heavy atom. The first-order valence-corrected chi connectivity index (χ1v) is 6.63. The van der Waals surface area contributed by atoms with Crippen LogP contribution in [-0.4, -0.2) is 10.6 Å². The van der Waals surface area contributed by atoms with Crippen molar-refractivity contribution in [1.82, 2.24) is 0 Å². The molecule has 0 saturated heterocycles. The van der Waals surface area contributed by atoms with Gasteiger partial charge in [0.2, 0.25) is 0 Å². The van der Waals surface area contributed by atoms with Gasteiger partial charge in [0.05, 0.1) is 16.6 Å². The zero-order valence-electron chi connectivity index (χ0n) is 11.3. The normalized spacial score (nSPS) is 20.4. The van der Waals surface area contributed by atoms with Crippen LogP contribution in [0.2, 0.25) is 0 Å². The van der Waals surface area contributed by atoms with E-state index in [1.165, 1.54) is 18.6 Å². The number of hydrazone groups is 1. The summed E-state index contributed by atoms with van der Waals surface area (Å²) in [6, 6.07) is 6.21. The molecule has 1 aliphatic carbocycles. The van der Waals surface area contributed by atoms with E-state index < -0.39 is 4.92 Å². The van der Waals surface area contributed by atoms with Crippen molar-refractivity contribution in [1.29, 1.82) is 5.26 Å². The van der Waals surface area contributed by atoms with E-state index in [-0.39, 0.29) is 11.3 Å². The standard InChI is InChI=1S/C14H16N4O2/c1-10-4-2-3-5-12(10)16-17-13-7-6-11(9-15)8-14(13)18(19)20/h6-8,10,17H,2-5H2,1H3/t10-/m0/s1. The van der Waals surface area contributed by atoms with E-state index in [2.05, 4.69) is 17.5 Å². The van der Waals surface area contributed by atoms with Gasteiger partial charge in [-0.3, -0.25) is 15.5 Å². The van der Waals surface area contributed by atoms with Crippen LogP contribution in [-0.2, 0) is 0 Å². The van der Waals surface area contributed by atoms with Crippen LogP contribution in [0.15, 0.2) is 23.3 Å². The average Bonchev–Trinajstić information content (AvgIpc) is 2.46. The molecule has 1 aliphatic rings. The van der Waals surface area contributed by atoms with Gasteiger partial charge in [0.1, 0.15) is 5.69 Å². The molecule has 0 bridgehead atoms. The third-order valence-electron chi connectivity index (χ3n) is 3.53. The van der Waals surface area contributed by atoms with Crippen LogP contribution in [0.5, 0.6) is 0 Å². The first kappa shape index (κ1) is 14.0. The van der Waals surface area contributed by atoms with E-state index in [1.54, 1.807) is 6.07 Å². The van der Waals surface area contributed by atoms with E-state index in [0.29, 0.717) is 11.6 Å². The second kappa shape index (κ2) is 6.15. The summed E-state index contributed by atoms with van der Waals surface area (Å²) in [6.07, 6.45) is 4.35. The molecule has 6 nitrogen and oxygen atoms in total. The first-order chi connectivity index (χ1) is 9.61. The fourth-order valence-electron chi connectivity index (χ4n) is 2.31. The maximum Gasteiger partial charge on any atom is 0.295 e. The summed E-state index contributed by atoms with van der Waals surface area (Å²) in [5.74, 6) is 0.411. The van der Waals surface area contributed by atoms with Gasteiger partial charge < -0.3 is 0 Å². The number of hydrogen-bond donors (Lipinski definition) is 1. The Hall–Kier alpha value is -2.42. The molecule has 0 heterocycles. The molecule has 1 aromatic rings. The maximum atomic E-state index is 11.0. The monoisotopic (exact) mass is 272 g/mol. The van der Waals surface area contributed by atoms with Crippen LogP contribution < -0.4 is 5.43 Å². The smallest absolute Gasteiger partial charge is 0.272 e. The quantitative estimate of drug-likeness (QED) is 0.673. The molecule has 1 fully saturated rings. The average molecular weight is 272 g/mol. The molecule has 0 spiro atoms. The summed E-state index contributed by atoms with van der Waals surface area (Å²) in [5, 5.41) is 24.1. The third kappa shape index (κ3) is 3.12. The van der Waals surface area contributed by atoms with Gasteiger partial charge >= 0.3 is 0 Å². The van der Waals surface area contributed by atoms with Crippen molar-refractivity contribution in [3.05, 3.63) is 33.9 Å². The van der Waals surface area contributed by atoms with E-state index in [4.69, 9.17) is 5.26 Å². The lowest BCUT2D eigenvalue weighted by Crippen LogP contribution is -2.17. The summed E-state index contributed by atoms with van der Waals surface area (Å²) in [4.78, 5) is 10.5. The van der Waals surface area contributed by atoms with Crippen molar-refractivity contribution in [3.63, 3.8) is 0 Å². The van der Waals surface area contributed by atoms with Crippen molar-refractivity contribution >= 4 is 17.1 Å². The Morgan fingerprint density at radius 2 is 2.30 bits per heavy atom. The topological polar surface area (TPSA) is 91.3 Å². The minimum atomic E-state index is -0.506. The highest BCUT2D eigenvalue weighted by Gasteiger charge is 2.18. The number of nitrogens with zero attached hydrogens (tertiary/aromatic N) is 3. The molecule has 0 radical (unpaired) electrons. The van der Waals surface area contributed by atoms with Crippen molar-refractivity contribution in [2.75, 3.05) is 5.43 Å². The van der Waals surface area contributed by atoms with Gasteiger partial charge in [-0.05, 0) is 37.3 Å². The molecule has 0 unspecified atom stereocenters. The lowest BCUT2D eigenvalue weighted by molar-refractivity contribution is -0.384. The lowest BCUT2D eigenvalue weighted by Gasteiger charge is -2.20. The van der Waals surface area contributed by atoms with Crippen molar-refractivity contribution in [3.8, 4) is 6.07 Å². The number of anilines is 1. The fourth-order valence-corrected chi connectivity index (χ4v) is 2.31. The summed E-state index contributed by atoms with van der Waals surface area (Å²) >= 11 is 0. The van der Waals surface area contributed by atoms with Gasteiger partial charge in [-0.1, -0.05) is 13.3 Å². The molecule has 104 valence electrons. The van der Waals surface area contributed by atoms with Gasteiger partial charge in [0.25, 0.3) is 5.69 Å². The Balaban J connectivity index is 2.23. The second-order valence-corrected chi connectivity index (χ2v) is 4.96. The molecule has 1 saturated carbocycles. The Kier molecular flexibility index (Phi) is 4.31. The Labute approximate surface area is 117 Å². The molecule has 1 N–H and O–H groups in total. The molecule has 0 aliphatic heterocycles. The number of nitriles is 1. The zero-order valence-corrected chi connectivity index (χ0v) is 11.3. The van der Waals surface area contributed by atoms with Crippen molar-refractivity contribution in [2.24, 2.45) is 11.0 Å². The predicted molar refractivity (Wildman–Crippen MR) is 76.5 cm³/mol. The number of nitro benzene ring substituents is 1. The van der Waals surface area contributed by atoms with E-state index in [0.717, 1.165) is 25.0 Å². The molecule has 2 rings (SSSR count). The molecule has 6 heteroatoms. The van der Waals surface area contributed by atoms with Crippen molar-refractivity contribution < 1.29 is 4.92 Å². The Bertz CT molecular complexity index is 589. The number of nitrogens with one attached hydrogen (secondary N) is 1. The van der Waals surface area contributed by atoms with Gasteiger partial charge in [-0.2, -0.15) is 10.4 Å². The molecule has 0 aromatic heterocycles. The third-order valence-corrected chi connectivity index (χ3v) is 3.53. The molecule has 20 heavy (non-hydrogen) atoms. The van der Waals surface area contributed by atoms with Crippen LogP contribution in [0, 0.1) is 27.4 Å². The highest BCUT2D eigenvalue weighted by Crippen LogP contribution is 2.26. The molecular weight excluding hydrogens is 256 g/mol. The number of benzene rings is 1. The Morgan fingerprint density at radius 3 is 2.95 bits per heavy atom. The van der Waals surface area contributed by atoms with Gasteiger partial charge in [-0.25, -0.2) is 0 Å². The van der Waals surface area contributed by atoms with E-state index >= 15 is 0 Å². The first-order valence-electron chi connectivity index (χ1n) is 6.63. The molecule has 0 amide bonds. The predicted octanol–water partition coefficient (Wildman–Crippen LogP) is 3.44. The summed E-state index contributed by atoms with van der Waals surface area (Å²) in [5.41, 5.74) is 4.29. The largest absolute Gasteiger partial charge is 0.295 e. The van der Waals surface area contributed by atoms with E-state index in [9.17, 15) is 10.1 Å². The van der Waals surface area contributed by atoms with Gasteiger partial charge in [-0.15, -0.1) is 0 Å². The number of nitro groups is 1. The number of rotatable bonds is 3. The second-order valence-electron chi connectivity index (χ2n) is 4.96. The summed E-state index contributed by atoms with van der Waals surface area (Å²) in [6.45, 7) is 2.12. The van der Waals surface area contributed by atoms with Crippen LogP contribution >= 0.6 is 0 Å². The molecular formula is C14H16N4O2. The maximum absolute atomic E-state index is 11.0. The number of hydrogen-bond acceptors (Lipinski definition) is 5. The highest BCUT2D eigenvalue weighted by atomic mass is 16.6. The van der Waals surface area contributed by atoms with Crippen LogP contribution in [0.25, 0.3) is 0 Å². The minimum Gasteiger partial charge on any atom is -0.272 e. The summed E-state index contributed by atoms with van der Waals surface area (Å²) < 4.78 is 0. The minimum absolute atomic E-state index is 0.128.